The summed E-state index contributed by atoms with van der Waals surface area (Å²) in [6.07, 6.45) is 11.1. The van der Waals surface area contributed by atoms with E-state index in [2.05, 4.69) is 47.6 Å². The Morgan fingerprint density at radius 3 is 2.29 bits per heavy atom. The van der Waals surface area contributed by atoms with Gasteiger partial charge in [-0.05, 0) is 114 Å². The summed E-state index contributed by atoms with van der Waals surface area (Å²) < 4.78 is 0. The van der Waals surface area contributed by atoms with Crippen molar-refractivity contribution in [2.75, 3.05) is 13.2 Å². The Hall–Kier alpha value is -0.420. The van der Waals surface area contributed by atoms with Crippen LogP contribution in [0.3, 0.4) is 0 Å². The Balaban J connectivity index is 1.54. The molecule has 0 aromatic carbocycles. The third-order valence-corrected chi connectivity index (χ3v) is 13.5. The lowest BCUT2D eigenvalue weighted by molar-refractivity contribution is -0.228. The van der Waals surface area contributed by atoms with Crippen molar-refractivity contribution < 1.29 is 20.4 Å². The number of allylic oxidation sites excluding steroid dienone is 2. The second-order valence-corrected chi connectivity index (χ2v) is 15.2. The SMILES string of the molecule is CC1(C)C[C@@H]2C3=CC[C@H]4[C@@]5(C)C[C@@H](O)[C@@H](CCO)[C@@](C)(CO)[C@@H]5CC[C@@]4(C)[C@]3(C)CC[C@H]2C[C@@H]1O. The van der Waals surface area contributed by atoms with E-state index in [-0.39, 0.29) is 52.3 Å². The minimum Gasteiger partial charge on any atom is -0.396 e. The van der Waals surface area contributed by atoms with Crippen LogP contribution < -0.4 is 0 Å². The van der Waals surface area contributed by atoms with Gasteiger partial charge in [0, 0.05) is 13.2 Å². The largest absolute Gasteiger partial charge is 0.396 e. The van der Waals surface area contributed by atoms with Gasteiger partial charge < -0.3 is 20.4 Å². The van der Waals surface area contributed by atoms with Crippen molar-refractivity contribution in [3.63, 3.8) is 0 Å². The Bertz CT molecular complexity index is 866. The second kappa shape index (κ2) is 8.29. The zero-order valence-corrected chi connectivity index (χ0v) is 23.2. The lowest BCUT2D eigenvalue weighted by Gasteiger charge is -2.71. The molecule has 0 bridgehead atoms. The Kier molecular flexibility index (Phi) is 6.20. The number of hydrogen-bond donors (Lipinski definition) is 4. The summed E-state index contributed by atoms with van der Waals surface area (Å²) in [4.78, 5) is 0. The van der Waals surface area contributed by atoms with E-state index >= 15 is 0 Å². The van der Waals surface area contributed by atoms with Crippen molar-refractivity contribution in [2.45, 2.75) is 112 Å². The van der Waals surface area contributed by atoms with Crippen LogP contribution in [-0.2, 0) is 0 Å². The average Bonchev–Trinajstić information content (AvgIpc) is 2.78. The van der Waals surface area contributed by atoms with Crippen molar-refractivity contribution in [3.8, 4) is 0 Å². The molecular weight excluding hydrogens is 436 g/mol. The normalized spacial score (nSPS) is 55.1. The molecule has 4 N–H and O–H groups in total. The summed E-state index contributed by atoms with van der Waals surface area (Å²) in [5, 5.41) is 42.7. The molecule has 0 aliphatic heterocycles. The zero-order chi connectivity index (χ0) is 25.6. The third-order valence-electron chi connectivity index (χ3n) is 13.5. The van der Waals surface area contributed by atoms with Crippen LogP contribution in [-0.4, -0.2) is 45.8 Å². The maximum atomic E-state index is 11.4. The maximum absolute atomic E-state index is 11.4. The van der Waals surface area contributed by atoms with Crippen molar-refractivity contribution in [1.82, 2.24) is 0 Å². The van der Waals surface area contributed by atoms with Crippen molar-refractivity contribution in [1.29, 1.82) is 0 Å². The van der Waals surface area contributed by atoms with Gasteiger partial charge in [-0.1, -0.05) is 53.2 Å². The van der Waals surface area contributed by atoms with E-state index in [1.165, 1.54) is 19.3 Å². The number of hydrogen-bond acceptors (Lipinski definition) is 4. The topological polar surface area (TPSA) is 80.9 Å². The van der Waals surface area contributed by atoms with E-state index in [4.69, 9.17) is 0 Å². The van der Waals surface area contributed by atoms with E-state index in [1.54, 1.807) is 5.57 Å². The van der Waals surface area contributed by atoms with Crippen LogP contribution in [0.15, 0.2) is 11.6 Å². The fourth-order valence-corrected chi connectivity index (χ4v) is 11.2. The highest BCUT2D eigenvalue weighted by Crippen LogP contribution is 2.75. The average molecular weight is 489 g/mol. The van der Waals surface area contributed by atoms with Crippen molar-refractivity contribution in [2.24, 2.45) is 56.7 Å². The number of rotatable bonds is 3. The molecule has 0 unspecified atom stereocenters. The molecule has 0 heterocycles. The summed E-state index contributed by atoms with van der Waals surface area (Å²) >= 11 is 0. The summed E-state index contributed by atoms with van der Waals surface area (Å²) in [5.74, 6) is 1.99. The second-order valence-electron chi connectivity index (χ2n) is 15.2. The van der Waals surface area contributed by atoms with Crippen molar-refractivity contribution >= 4 is 0 Å². The van der Waals surface area contributed by atoms with E-state index < -0.39 is 6.10 Å². The molecule has 0 amide bonds. The lowest BCUT2D eigenvalue weighted by Crippen LogP contribution is -2.66. The summed E-state index contributed by atoms with van der Waals surface area (Å²) in [6, 6.07) is 0. The number of aliphatic hydroxyl groups excluding tert-OH is 4. The fraction of sp³-hybridized carbons (Fsp3) is 0.935. The van der Waals surface area contributed by atoms with Crippen LogP contribution in [0, 0.1) is 56.7 Å². The van der Waals surface area contributed by atoms with Crippen LogP contribution >= 0.6 is 0 Å². The van der Waals surface area contributed by atoms with Gasteiger partial charge in [-0.2, -0.15) is 0 Å². The molecule has 35 heavy (non-hydrogen) atoms. The first-order valence-electron chi connectivity index (χ1n) is 14.6. The van der Waals surface area contributed by atoms with Crippen LogP contribution in [0.1, 0.15) is 99.3 Å². The maximum Gasteiger partial charge on any atom is 0.0594 e. The molecule has 200 valence electrons. The van der Waals surface area contributed by atoms with Gasteiger partial charge in [0.25, 0.3) is 0 Å². The fourth-order valence-electron chi connectivity index (χ4n) is 11.2. The molecule has 0 radical (unpaired) electrons. The molecule has 4 nitrogen and oxygen atoms in total. The zero-order valence-electron chi connectivity index (χ0n) is 23.2. The lowest BCUT2D eigenvalue weighted by atomic mass is 9.33. The first-order valence-corrected chi connectivity index (χ1v) is 14.6. The van der Waals surface area contributed by atoms with Gasteiger partial charge in [-0.3, -0.25) is 0 Å². The van der Waals surface area contributed by atoms with Crippen LogP contribution in [0.2, 0.25) is 0 Å². The predicted octanol–water partition coefficient (Wildman–Crippen LogP) is 5.33. The van der Waals surface area contributed by atoms with Crippen LogP contribution in [0.25, 0.3) is 0 Å². The molecule has 5 aliphatic carbocycles. The molecule has 4 heteroatoms. The molecule has 0 aromatic heterocycles. The molecule has 4 fully saturated rings. The minimum atomic E-state index is -0.475. The minimum absolute atomic E-state index is 0.0280. The monoisotopic (exact) mass is 488 g/mol. The summed E-state index contributed by atoms with van der Waals surface area (Å²) in [5.41, 5.74) is 1.61. The standard InChI is InChI=1S/C31H52O4/c1-27(2)16-20-19(15-26(27)35)9-12-30(5)21(20)7-8-25-28(3)17-23(34)22(11-14-32)29(4,18-33)24(28)10-13-31(25,30)6/h7,19-20,22-26,32-35H,8-18H2,1-6H3/t19-,20-,22+,23+,24+,25-,26-,28-,29+,30+,31+/m0/s1. The molecule has 5 aliphatic rings. The number of aliphatic hydroxyl groups is 4. The Morgan fingerprint density at radius 2 is 1.63 bits per heavy atom. The molecule has 5 rings (SSSR count). The van der Waals surface area contributed by atoms with Crippen LogP contribution in [0.5, 0.6) is 0 Å². The first kappa shape index (κ1) is 26.2. The van der Waals surface area contributed by atoms with Gasteiger partial charge in [-0.25, -0.2) is 0 Å². The predicted molar refractivity (Wildman–Crippen MR) is 139 cm³/mol. The van der Waals surface area contributed by atoms with Crippen LogP contribution in [0.4, 0.5) is 0 Å². The van der Waals surface area contributed by atoms with E-state index in [0.29, 0.717) is 30.1 Å². The molecule has 0 spiro atoms. The Labute approximate surface area is 213 Å². The van der Waals surface area contributed by atoms with E-state index in [0.717, 1.165) is 32.1 Å². The van der Waals surface area contributed by atoms with Gasteiger partial charge in [-0.15, -0.1) is 0 Å². The first-order chi connectivity index (χ1) is 16.3. The highest BCUT2D eigenvalue weighted by atomic mass is 16.3. The highest BCUT2D eigenvalue weighted by molar-refractivity contribution is 5.32. The highest BCUT2D eigenvalue weighted by Gasteiger charge is 2.68. The quantitative estimate of drug-likeness (QED) is 0.405. The molecule has 11 atom stereocenters. The number of fused-ring (bicyclic) bond motifs is 7. The molecular formula is C31H52O4. The van der Waals surface area contributed by atoms with Gasteiger partial charge in [0.05, 0.1) is 12.2 Å². The molecule has 4 saturated carbocycles. The van der Waals surface area contributed by atoms with Crippen molar-refractivity contribution in [3.05, 3.63) is 11.6 Å². The van der Waals surface area contributed by atoms with E-state index in [1.807, 2.05) is 0 Å². The smallest absolute Gasteiger partial charge is 0.0594 e. The van der Waals surface area contributed by atoms with E-state index in [9.17, 15) is 20.4 Å². The third kappa shape index (κ3) is 3.38. The van der Waals surface area contributed by atoms with Gasteiger partial charge in [0.1, 0.15) is 0 Å². The van der Waals surface area contributed by atoms with Gasteiger partial charge in [0.15, 0.2) is 0 Å². The Morgan fingerprint density at radius 1 is 0.914 bits per heavy atom. The van der Waals surface area contributed by atoms with Gasteiger partial charge >= 0.3 is 0 Å². The summed E-state index contributed by atoms with van der Waals surface area (Å²) in [6.45, 7) is 14.4. The molecule has 0 saturated heterocycles. The summed E-state index contributed by atoms with van der Waals surface area (Å²) in [7, 11) is 0. The molecule has 0 aromatic rings. The van der Waals surface area contributed by atoms with Gasteiger partial charge in [0.2, 0.25) is 0 Å².